The summed E-state index contributed by atoms with van der Waals surface area (Å²) in [5.41, 5.74) is 1.22. The first-order valence-electron chi connectivity index (χ1n) is 6.84. The van der Waals surface area contributed by atoms with Gasteiger partial charge >= 0.3 is 11.8 Å². The molecule has 0 N–H and O–H groups in total. The lowest BCUT2D eigenvalue weighted by Crippen LogP contribution is -2.53. The van der Waals surface area contributed by atoms with E-state index in [9.17, 15) is 14.4 Å². The van der Waals surface area contributed by atoms with E-state index in [0.29, 0.717) is 18.8 Å². The maximum absolute atomic E-state index is 12.0. The van der Waals surface area contributed by atoms with Crippen molar-refractivity contribution in [2.75, 3.05) is 25.0 Å². The van der Waals surface area contributed by atoms with Crippen molar-refractivity contribution < 1.29 is 14.4 Å². The van der Waals surface area contributed by atoms with Crippen molar-refractivity contribution in [1.82, 2.24) is 4.90 Å². The van der Waals surface area contributed by atoms with E-state index in [4.69, 9.17) is 0 Å². The second kappa shape index (κ2) is 4.82. The normalized spacial score (nSPS) is 20.2. The summed E-state index contributed by atoms with van der Waals surface area (Å²) in [6.45, 7) is 1.00. The van der Waals surface area contributed by atoms with Crippen molar-refractivity contribution in [3.05, 3.63) is 29.8 Å². The molecule has 0 atom stereocenters. The van der Waals surface area contributed by atoms with Crippen LogP contribution < -0.4 is 4.90 Å². The molecule has 1 aromatic carbocycles. The largest absolute Gasteiger partial charge is 0.336 e. The maximum Gasteiger partial charge on any atom is 0.316 e. The van der Waals surface area contributed by atoms with Gasteiger partial charge in [0.25, 0.3) is 0 Å². The standard InChI is InChI=1S/C15H15N3O3/c1-17-8-9-18(14(21)13(17)20)12-4-2-11(3-5-12)15(6-7-15)16-10-19/h2-5H,6-9H2,1H3. The molecule has 0 aromatic heterocycles. The molecule has 2 fully saturated rings. The number of aliphatic imine (C=N–C) groups is 1. The van der Waals surface area contributed by atoms with Crippen LogP contribution in [0.1, 0.15) is 18.4 Å². The molecule has 21 heavy (non-hydrogen) atoms. The predicted molar refractivity (Wildman–Crippen MR) is 75.5 cm³/mol. The molecule has 0 unspecified atom stereocenters. The van der Waals surface area contributed by atoms with Crippen LogP contribution in [0.15, 0.2) is 29.3 Å². The van der Waals surface area contributed by atoms with Crippen LogP contribution in [0, 0.1) is 0 Å². The number of carbonyl (C=O) groups is 2. The maximum atomic E-state index is 12.0. The number of benzene rings is 1. The van der Waals surface area contributed by atoms with Crippen LogP contribution in [-0.4, -0.2) is 42.9 Å². The SMILES string of the molecule is CN1CCN(c2ccc(C3(N=C=O)CC3)cc2)C(=O)C1=O. The molecule has 1 heterocycles. The van der Waals surface area contributed by atoms with E-state index in [2.05, 4.69) is 4.99 Å². The molecular weight excluding hydrogens is 270 g/mol. The summed E-state index contributed by atoms with van der Waals surface area (Å²) in [6, 6.07) is 7.32. The zero-order valence-electron chi connectivity index (χ0n) is 11.7. The Morgan fingerprint density at radius 1 is 1.10 bits per heavy atom. The van der Waals surface area contributed by atoms with Gasteiger partial charge < -0.3 is 9.80 Å². The minimum Gasteiger partial charge on any atom is -0.336 e. The summed E-state index contributed by atoms with van der Waals surface area (Å²) < 4.78 is 0. The summed E-state index contributed by atoms with van der Waals surface area (Å²) in [6.07, 6.45) is 3.31. The lowest BCUT2D eigenvalue weighted by Gasteiger charge is -2.31. The Kier molecular flexibility index (Phi) is 3.11. The molecule has 1 aliphatic carbocycles. The molecule has 1 saturated carbocycles. The van der Waals surface area contributed by atoms with E-state index in [-0.39, 0.29) is 0 Å². The molecular formula is C15H15N3O3. The van der Waals surface area contributed by atoms with Crippen LogP contribution in [0.25, 0.3) is 0 Å². The predicted octanol–water partition coefficient (Wildman–Crippen LogP) is 0.817. The van der Waals surface area contributed by atoms with Crippen molar-refractivity contribution >= 4 is 23.6 Å². The molecule has 1 aromatic rings. The highest BCUT2D eigenvalue weighted by Gasteiger charge is 2.44. The summed E-state index contributed by atoms with van der Waals surface area (Å²) in [5, 5.41) is 0. The summed E-state index contributed by atoms with van der Waals surface area (Å²) in [5.74, 6) is -1.00. The quantitative estimate of drug-likeness (QED) is 0.469. The minimum absolute atomic E-state index is 0.414. The van der Waals surface area contributed by atoms with Crippen LogP contribution in [0.5, 0.6) is 0 Å². The molecule has 2 amide bonds. The molecule has 6 heteroatoms. The van der Waals surface area contributed by atoms with Crippen molar-refractivity contribution in [3.8, 4) is 0 Å². The van der Waals surface area contributed by atoms with Gasteiger partial charge in [-0.05, 0) is 30.5 Å². The van der Waals surface area contributed by atoms with Gasteiger partial charge in [0.05, 0.1) is 5.54 Å². The fraction of sp³-hybridized carbons (Fsp3) is 0.400. The van der Waals surface area contributed by atoms with E-state index in [1.165, 1.54) is 9.80 Å². The summed E-state index contributed by atoms with van der Waals surface area (Å²) in [7, 11) is 1.62. The van der Waals surface area contributed by atoms with Gasteiger partial charge in [-0.15, -0.1) is 0 Å². The highest BCUT2D eigenvalue weighted by Crippen LogP contribution is 2.49. The second-order valence-corrected chi connectivity index (χ2v) is 5.47. The van der Waals surface area contributed by atoms with E-state index >= 15 is 0 Å². The van der Waals surface area contributed by atoms with Crippen molar-refractivity contribution in [1.29, 1.82) is 0 Å². The van der Waals surface area contributed by atoms with Crippen LogP contribution >= 0.6 is 0 Å². The number of anilines is 1. The number of hydrogen-bond donors (Lipinski definition) is 0. The number of amides is 2. The fourth-order valence-electron chi connectivity index (χ4n) is 2.60. The van der Waals surface area contributed by atoms with Gasteiger partial charge in [0.1, 0.15) is 0 Å². The number of piperazine rings is 1. The topological polar surface area (TPSA) is 70.0 Å². The van der Waals surface area contributed by atoms with Gasteiger partial charge in [-0.3, -0.25) is 9.59 Å². The Morgan fingerprint density at radius 3 is 2.33 bits per heavy atom. The zero-order valence-corrected chi connectivity index (χ0v) is 11.7. The second-order valence-electron chi connectivity index (χ2n) is 5.47. The van der Waals surface area contributed by atoms with Gasteiger partial charge in [-0.2, -0.15) is 4.99 Å². The molecule has 6 nitrogen and oxygen atoms in total. The first kappa shape index (κ1) is 13.5. The zero-order chi connectivity index (χ0) is 15.0. The third-order valence-corrected chi connectivity index (χ3v) is 4.13. The van der Waals surface area contributed by atoms with Crippen LogP contribution in [0.2, 0.25) is 0 Å². The smallest absolute Gasteiger partial charge is 0.316 e. The Morgan fingerprint density at radius 2 is 1.76 bits per heavy atom. The molecule has 1 saturated heterocycles. The summed E-state index contributed by atoms with van der Waals surface area (Å²) >= 11 is 0. The van der Waals surface area contributed by atoms with Gasteiger partial charge in [-0.1, -0.05) is 12.1 Å². The minimum atomic E-state index is -0.511. The number of nitrogens with zero attached hydrogens (tertiary/aromatic N) is 3. The van der Waals surface area contributed by atoms with Crippen LogP contribution in [0.4, 0.5) is 5.69 Å². The number of likely N-dealkylation sites (N-methyl/N-ethyl adjacent to an activating group) is 1. The van der Waals surface area contributed by atoms with E-state index in [1.54, 1.807) is 25.3 Å². The Labute approximate surface area is 122 Å². The average molecular weight is 285 g/mol. The number of hydrogen-bond acceptors (Lipinski definition) is 4. The van der Waals surface area contributed by atoms with Crippen molar-refractivity contribution in [2.45, 2.75) is 18.4 Å². The highest BCUT2D eigenvalue weighted by molar-refractivity contribution is 6.40. The van der Waals surface area contributed by atoms with Gasteiger partial charge in [-0.25, -0.2) is 4.79 Å². The lowest BCUT2D eigenvalue weighted by molar-refractivity contribution is -0.145. The average Bonchev–Trinajstić information content (AvgIpc) is 3.27. The highest BCUT2D eigenvalue weighted by atomic mass is 16.2. The number of carbonyl (C=O) groups excluding carboxylic acids is 3. The van der Waals surface area contributed by atoms with E-state index < -0.39 is 17.4 Å². The molecule has 0 bridgehead atoms. The molecule has 1 aliphatic heterocycles. The molecule has 3 rings (SSSR count). The van der Waals surface area contributed by atoms with Gasteiger partial charge in [0.15, 0.2) is 0 Å². The third kappa shape index (κ3) is 2.23. The molecule has 2 aliphatic rings. The third-order valence-electron chi connectivity index (χ3n) is 4.13. The Hall–Kier alpha value is -2.46. The first-order valence-corrected chi connectivity index (χ1v) is 6.84. The first-order chi connectivity index (χ1) is 10.1. The summed E-state index contributed by atoms with van der Waals surface area (Å²) in [4.78, 5) is 40.9. The monoisotopic (exact) mass is 285 g/mol. The van der Waals surface area contributed by atoms with E-state index in [1.807, 2.05) is 12.1 Å². The fourth-order valence-corrected chi connectivity index (χ4v) is 2.60. The van der Waals surface area contributed by atoms with Crippen molar-refractivity contribution in [3.63, 3.8) is 0 Å². The van der Waals surface area contributed by atoms with Crippen molar-refractivity contribution in [2.24, 2.45) is 4.99 Å². The van der Waals surface area contributed by atoms with Crippen LogP contribution in [0.3, 0.4) is 0 Å². The Balaban J connectivity index is 1.83. The molecule has 0 spiro atoms. The number of isocyanates is 1. The van der Waals surface area contributed by atoms with Gasteiger partial charge in [0, 0.05) is 25.8 Å². The Bertz CT molecular complexity index is 643. The number of rotatable bonds is 3. The molecule has 0 radical (unpaired) electrons. The van der Waals surface area contributed by atoms with E-state index in [0.717, 1.165) is 18.4 Å². The lowest BCUT2D eigenvalue weighted by atomic mass is 10.0. The van der Waals surface area contributed by atoms with Crippen LogP contribution in [-0.2, 0) is 19.9 Å². The van der Waals surface area contributed by atoms with Gasteiger partial charge in [0.2, 0.25) is 6.08 Å². The molecule has 108 valence electrons.